The van der Waals surface area contributed by atoms with Gasteiger partial charge in [0.15, 0.2) is 0 Å². The summed E-state index contributed by atoms with van der Waals surface area (Å²) >= 11 is 0. The maximum Gasteiger partial charge on any atom is 0.261 e. The number of hydrogen-bond acceptors (Lipinski definition) is 9. The Labute approximate surface area is 292 Å². The van der Waals surface area contributed by atoms with Crippen molar-refractivity contribution in [3.8, 4) is 11.5 Å². The van der Waals surface area contributed by atoms with Gasteiger partial charge in [-0.3, -0.25) is 19.2 Å². The van der Waals surface area contributed by atoms with Crippen LogP contribution in [0, 0.1) is 5.92 Å². The Morgan fingerprint density at radius 3 is 2.44 bits per heavy atom. The van der Waals surface area contributed by atoms with Crippen LogP contribution < -0.4 is 25.2 Å². The van der Waals surface area contributed by atoms with Gasteiger partial charge >= 0.3 is 0 Å². The lowest BCUT2D eigenvalue weighted by molar-refractivity contribution is 0.0341. The van der Waals surface area contributed by atoms with Crippen LogP contribution in [-0.4, -0.2) is 81.1 Å². The maximum absolute atomic E-state index is 13.9. The summed E-state index contributed by atoms with van der Waals surface area (Å²) in [7, 11) is -0.509. The van der Waals surface area contributed by atoms with Gasteiger partial charge in [-0.1, -0.05) is 31.2 Å². The van der Waals surface area contributed by atoms with E-state index in [0.717, 1.165) is 5.56 Å². The summed E-state index contributed by atoms with van der Waals surface area (Å²) in [5.74, 6) is 0.0918. The minimum Gasteiger partial charge on any atom is -0.497 e. The number of carbonyl (C=O) groups excluding carboxylic acids is 2. The van der Waals surface area contributed by atoms with E-state index in [0.29, 0.717) is 48.1 Å². The molecule has 1 aliphatic heterocycles. The van der Waals surface area contributed by atoms with Gasteiger partial charge in [-0.2, -0.15) is 0 Å². The minimum absolute atomic E-state index is 0.0374. The highest BCUT2D eigenvalue weighted by molar-refractivity contribution is 7.92. The number of aliphatic hydroxyl groups is 1. The summed E-state index contributed by atoms with van der Waals surface area (Å²) in [6, 6.07) is 24.5. The molecule has 1 heterocycles. The summed E-state index contributed by atoms with van der Waals surface area (Å²) in [5, 5.41) is 12.9. The zero-order valence-electron chi connectivity index (χ0n) is 28.5. The van der Waals surface area contributed by atoms with Gasteiger partial charge in [0.2, 0.25) is 0 Å². The van der Waals surface area contributed by atoms with Gasteiger partial charge in [0.05, 0.1) is 41.6 Å². The first-order valence-corrected chi connectivity index (χ1v) is 17.7. The van der Waals surface area contributed by atoms with Gasteiger partial charge in [0.1, 0.15) is 17.6 Å². The molecule has 3 atom stereocenters. The number of anilines is 3. The van der Waals surface area contributed by atoms with E-state index >= 15 is 0 Å². The zero-order chi connectivity index (χ0) is 36.0. The molecule has 0 aliphatic carbocycles. The second kappa shape index (κ2) is 15.6. The molecule has 2 amide bonds. The van der Waals surface area contributed by atoms with Crippen molar-refractivity contribution in [1.29, 1.82) is 0 Å². The molecule has 4 aromatic rings. The number of carbonyl (C=O) groups is 2. The number of aliphatic hydroxyl groups excluding tert-OH is 1. The van der Waals surface area contributed by atoms with Crippen LogP contribution in [0.15, 0.2) is 95.9 Å². The molecule has 0 saturated heterocycles. The molecule has 13 heteroatoms. The van der Waals surface area contributed by atoms with Crippen LogP contribution in [0.2, 0.25) is 0 Å². The number of hydrogen-bond donors (Lipinski definition) is 4. The number of para-hydroxylation sites is 2. The highest BCUT2D eigenvalue weighted by atomic mass is 32.2. The largest absolute Gasteiger partial charge is 0.497 e. The minimum atomic E-state index is -3.97. The molecule has 0 fully saturated rings. The maximum atomic E-state index is 13.9. The number of likely N-dealkylation sites (N-methyl/N-ethyl adjacent to an activating group) is 1. The second-order valence-corrected chi connectivity index (χ2v) is 14.2. The second-order valence-electron chi connectivity index (χ2n) is 12.5. The van der Waals surface area contributed by atoms with Gasteiger partial charge in [0.25, 0.3) is 21.8 Å². The molecule has 50 heavy (non-hydrogen) atoms. The Morgan fingerprint density at radius 2 is 1.78 bits per heavy atom. The summed E-state index contributed by atoms with van der Waals surface area (Å²) in [6.07, 6.45) is -0.358. The van der Waals surface area contributed by atoms with Gasteiger partial charge in [0, 0.05) is 36.8 Å². The van der Waals surface area contributed by atoms with E-state index in [1.807, 2.05) is 26.1 Å². The van der Waals surface area contributed by atoms with Crippen LogP contribution >= 0.6 is 0 Å². The van der Waals surface area contributed by atoms with Crippen LogP contribution in [0.4, 0.5) is 17.1 Å². The quantitative estimate of drug-likeness (QED) is 0.154. The average Bonchev–Trinajstić information content (AvgIpc) is 3.10. The van der Waals surface area contributed by atoms with Crippen molar-refractivity contribution in [1.82, 2.24) is 9.80 Å². The molecule has 5 N–H and O–H groups in total. The molecule has 0 unspecified atom stereocenters. The lowest BCUT2D eigenvalue weighted by atomic mass is 9.99. The van der Waals surface area contributed by atoms with E-state index in [4.69, 9.17) is 15.2 Å². The number of nitrogens with one attached hydrogen (secondary N) is 2. The molecular weight excluding hydrogens is 659 g/mol. The topological polar surface area (TPSA) is 164 Å². The first-order chi connectivity index (χ1) is 23.9. The number of methoxy groups -OCH3 is 1. The molecule has 0 radical (unpaired) electrons. The molecule has 5 rings (SSSR count). The van der Waals surface area contributed by atoms with Gasteiger partial charge in [-0.05, 0) is 86.3 Å². The van der Waals surface area contributed by atoms with Crippen LogP contribution in [0.1, 0.15) is 40.1 Å². The zero-order valence-corrected chi connectivity index (χ0v) is 29.3. The van der Waals surface area contributed by atoms with E-state index in [1.165, 1.54) is 25.3 Å². The molecule has 0 saturated carbocycles. The van der Waals surface area contributed by atoms with E-state index in [2.05, 4.69) is 14.9 Å². The smallest absolute Gasteiger partial charge is 0.261 e. The van der Waals surface area contributed by atoms with Crippen molar-refractivity contribution < 1.29 is 32.6 Å². The number of nitrogen functional groups attached to an aromatic ring is 1. The number of benzene rings is 4. The fourth-order valence-corrected chi connectivity index (χ4v) is 6.77. The number of ether oxygens (including phenoxy) is 2. The molecule has 0 aromatic heterocycles. The third kappa shape index (κ3) is 8.54. The Kier molecular flexibility index (Phi) is 11.3. The molecule has 1 aliphatic rings. The molecule has 0 spiro atoms. The summed E-state index contributed by atoms with van der Waals surface area (Å²) in [5.41, 5.74) is 8.87. The Balaban J connectivity index is 1.32. The number of amides is 2. The standard InChI is InChI=1S/C37H43N5O7S/c1-24-20-42(25(2)23-43)37(45)31-19-28(40-50(46,47)30-16-14-29(48-4)15-17-30)13-18-34(31)49-35(24)22-41(3)21-26-9-11-27(12-10-26)36(44)39-33-8-6-5-7-32(33)38/h5-19,24-25,35,40,43H,20-23,38H2,1-4H3,(H,39,44)/t24-,25-,35-/m0/s1. The fourth-order valence-electron chi connectivity index (χ4n) is 5.72. The monoisotopic (exact) mass is 701 g/mol. The highest BCUT2D eigenvalue weighted by Gasteiger charge is 2.34. The molecule has 12 nitrogen and oxygen atoms in total. The normalized spacial score (nSPS) is 16.8. The first kappa shape index (κ1) is 36.2. The van der Waals surface area contributed by atoms with Crippen molar-refractivity contribution in [2.75, 3.05) is 49.6 Å². The third-order valence-electron chi connectivity index (χ3n) is 8.66. The van der Waals surface area contributed by atoms with E-state index in [-0.39, 0.29) is 46.6 Å². The van der Waals surface area contributed by atoms with E-state index < -0.39 is 16.1 Å². The van der Waals surface area contributed by atoms with Crippen molar-refractivity contribution >= 4 is 38.9 Å². The summed E-state index contributed by atoms with van der Waals surface area (Å²) in [6.45, 7) is 4.90. The molecule has 0 bridgehead atoms. The van der Waals surface area contributed by atoms with E-state index in [1.54, 1.807) is 72.5 Å². The van der Waals surface area contributed by atoms with Crippen molar-refractivity contribution in [2.45, 2.75) is 37.4 Å². The highest BCUT2D eigenvalue weighted by Crippen LogP contribution is 2.32. The average molecular weight is 702 g/mol. The predicted octanol–water partition coefficient (Wildman–Crippen LogP) is 4.68. The number of fused-ring (bicyclic) bond motifs is 1. The van der Waals surface area contributed by atoms with Crippen molar-refractivity contribution in [2.24, 2.45) is 5.92 Å². The summed E-state index contributed by atoms with van der Waals surface area (Å²) < 4.78 is 40.5. The fraction of sp³-hybridized carbons (Fsp3) is 0.297. The first-order valence-electron chi connectivity index (χ1n) is 16.2. The van der Waals surface area contributed by atoms with Crippen LogP contribution in [0.5, 0.6) is 11.5 Å². The molecule has 4 aromatic carbocycles. The van der Waals surface area contributed by atoms with Crippen molar-refractivity contribution in [3.63, 3.8) is 0 Å². The van der Waals surface area contributed by atoms with Gasteiger partial charge < -0.3 is 30.5 Å². The number of sulfonamides is 1. The van der Waals surface area contributed by atoms with E-state index in [9.17, 15) is 23.1 Å². The Bertz CT molecular complexity index is 1920. The predicted molar refractivity (Wildman–Crippen MR) is 193 cm³/mol. The number of rotatable bonds is 12. The Hall–Kier alpha value is -5.11. The van der Waals surface area contributed by atoms with Crippen molar-refractivity contribution in [3.05, 3.63) is 108 Å². The lowest BCUT2D eigenvalue weighted by Gasteiger charge is -2.38. The summed E-state index contributed by atoms with van der Waals surface area (Å²) in [4.78, 5) is 30.4. The molecular formula is C37H43N5O7S. The lowest BCUT2D eigenvalue weighted by Crippen LogP contribution is -2.49. The van der Waals surface area contributed by atoms with Crippen LogP contribution in [0.3, 0.4) is 0 Å². The van der Waals surface area contributed by atoms with Gasteiger partial charge in [-0.15, -0.1) is 0 Å². The number of nitrogens with zero attached hydrogens (tertiary/aromatic N) is 2. The van der Waals surface area contributed by atoms with Gasteiger partial charge in [-0.25, -0.2) is 8.42 Å². The SMILES string of the molecule is COc1ccc(S(=O)(=O)Nc2ccc3c(c2)C(=O)N([C@@H](C)CO)C[C@H](C)[C@H](CN(C)Cc2ccc(C(=O)Nc4ccccc4N)cc2)O3)cc1. The number of nitrogens with two attached hydrogens (primary N) is 1. The molecule has 264 valence electrons. The Morgan fingerprint density at radius 1 is 1.08 bits per heavy atom. The van der Waals surface area contributed by atoms with Crippen LogP contribution in [0.25, 0.3) is 0 Å². The van der Waals surface area contributed by atoms with Crippen LogP contribution in [-0.2, 0) is 16.6 Å². The third-order valence-corrected chi connectivity index (χ3v) is 10.1.